The van der Waals surface area contributed by atoms with Gasteiger partial charge in [0.05, 0.1) is 19.1 Å². The number of hydrogen-bond donors (Lipinski definition) is 2. The van der Waals surface area contributed by atoms with Crippen LogP contribution in [0.3, 0.4) is 0 Å². The maximum Gasteiger partial charge on any atom is 0.241 e. The topological polar surface area (TPSA) is 93.7 Å². The van der Waals surface area contributed by atoms with Crippen molar-refractivity contribution >= 4 is 15.9 Å². The van der Waals surface area contributed by atoms with Gasteiger partial charge in [-0.3, -0.25) is 4.79 Å². The van der Waals surface area contributed by atoms with Crippen LogP contribution >= 0.6 is 0 Å². The molecule has 0 saturated heterocycles. The van der Waals surface area contributed by atoms with Crippen LogP contribution in [0.2, 0.25) is 0 Å². The quantitative estimate of drug-likeness (QED) is 0.545. The molecule has 2 N–H and O–H groups in total. The molecule has 0 fully saturated rings. The summed E-state index contributed by atoms with van der Waals surface area (Å²) in [4.78, 5) is 12.7. The van der Waals surface area contributed by atoms with E-state index in [9.17, 15) is 13.2 Å². The van der Waals surface area contributed by atoms with Crippen LogP contribution in [0.25, 0.3) is 0 Å². The van der Waals surface area contributed by atoms with E-state index in [1.165, 1.54) is 32.4 Å². The van der Waals surface area contributed by atoms with Gasteiger partial charge in [-0.2, -0.15) is 4.72 Å². The normalized spacial score (nSPS) is 12.2. The third kappa shape index (κ3) is 6.47. The summed E-state index contributed by atoms with van der Waals surface area (Å²) in [5, 5.41) is 2.81. The third-order valence-corrected chi connectivity index (χ3v) is 5.86. The minimum atomic E-state index is -3.96. The molecule has 7 nitrogen and oxygen atoms in total. The van der Waals surface area contributed by atoms with Gasteiger partial charge in [-0.1, -0.05) is 43.7 Å². The van der Waals surface area contributed by atoms with Gasteiger partial charge in [0.25, 0.3) is 0 Å². The van der Waals surface area contributed by atoms with Crippen molar-refractivity contribution < 1.29 is 22.7 Å². The van der Waals surface area contributed by atoms with Crippen molar-refractivity contribution in [2.24, 2.45) is 0 Å². The number of carbonyl (C=O) groups is 1. The predicted octanol–water partition coefficient (Wildman–Crippen LogP) is 2.51. The second-order valence-corrected chi connectivity index (χ2v) is 8.24. The smallest absolute Gasteiger partial charge is 0.241 e. The highest BCUT2D eigenvalue weighted by Crippen LogP contribution is 2.29. The van der Waals surface area contributed by atoms with Gasteiger partial charge < -0.3 is 14.8 Å². The van der Waals surface area contributed by atoms with Crippen LogP contribution in [0.1, 0.15) is 25.3 Å². The molecule has 0 spiro atoms. The summed E-state index contributed by atoms with van der Waals surface area (Å²) < 4.78 is 38.8. The zero-order chi connectivity index (χ0) is 21.3. The van der Waals surface area contributed by atoms with Crippen molar-refractivity contribution in [2.75, 3.05) is 20.8 Å². The summed E-state index contributed by atoms with van der Waals surface area (Å²) in [6.07, 6.45) is 2.00. The summed E-state index contributed by atoms with van der Waals surface area (Å²) in [5.41, 5.74) is 0.859. The molecule has 2 rings (SSSR count). The van der Waals surface area contributed by atoms with Crippen molar-refractivity contribution in [2.45, 2.75) is 37.1 Å². The number of carbonyl (C=O) groups excluding carboxylic acids is 1. The number of sulfonamides is 1. The molecule has 8 heteroatoms. The Morgan fingerprint density at radius 1 is 1.03 bits per heavy atom. The summed E-state index contributed by atoms with van der Waals surface area (Å²) >= 11 is 0. The van der Waals surface area contributed by atoms with E-state index < -0.39 is 16.1 Å². The Bertz CT molecular complexity index is 901. The second kappa shape index (κ2) is 10.8. The van der Waals surface area contributed by atoms with Crippen LogP contribution < -0.4 is 19.5 Å². The van der Waals surface area contributed by atoms with Gasteiger partial charge in [0.15, 0.2) is 11.5 Å². The molecule has 158 valence electrons. The molecule has 0 saturated carbocycles. The van der Waals surface area contributed by atoms with Crippen LogP contribution in [-0.2, 0) is 21.2 Å². The number of rotatable bonds is 11. The first-order valence-electron chi connectivity index (χ1n) is 9.47. The highest BCUT2D eigenvalue weighted by molar-refractivity contribution is 7.89. The lowest BCUT2D eigenvalue weighted by Crippen LogP contribution is -2.48. The zero-order valence-electron chi connectivity index (χ0n) is 17.0. The average Bonchev–Trinajstić information content (AvgIpc) is 2.73. The summed E-state index contributed by atoms with van der Waals surface area (Å²) in [5.74, 6) is 0.360. The number of methoxy groups -OCH3 is 2. The minimum Gasteiger partial charge on any atom is -0.493 e. The minimum absolute atomic E-state index is 0.00503. The van der Waals surface area contributed by atoms with Crippen molar-refractivity contribution in [1.29, 1.82) is 0 Å². The number of ether oxygens (including phenoxy) is 2. The fraction of sp³-hybridized carbons (Fsp3) is 0.381. The Labute approximate surface area is 172 Å². The largest absolute Gasteiger partial charge is 0.493 e. The number of hydrogen-bond acceptors (Lipinski definition) is 5. The lowest BCUT2D eigenvalue weighted by molar-refractivity contribution is -0.122. The molecule has 0 aromatic heterocycles. The Hall–Kier alpha value is -2.58. The highest BCUT2D eigenvalue weighted by atomic mass is 32.2. The molecule has 29 heavy (non-hydrogen) atoms. The van der Waals surface area contributed by atoms with Gasteiger partial charge >= 0.3 is 0 Å². The SMILES string of the molecule is CCCCNC(=O)[C@H](Cc1ccccc1)NS(=O)(=O)c1ccc(OC)c(OC)c1. The highest BCUT2D eigenvalue weighted by Gasteiger charge is 2.26. The fourth-order valence-electron chi connectivity index (χ4n) is 2.79. The van der Waals surface area contributed by atoms with E-state index in [0.29, 0.717) is 18.0 Å². The second-order valence-electron chi connectivity index (χ2n) is 6.52. The average molecular weight is 421 g/mol. The number of benzene rings is 2. The molecule has 1 amide bonds. The van der Waals surface area contributed by atoms with Crippen LogP contribution in [0.5, 0.6) is 11.5 Å². The van der Waals surface area contributed by atoms with Crippen LogP contribution in [0, 0.1) is 0 Å². The first kappa shape index (κ1) is 22.7. The molecular formula is C21H28N2O5S. The standard InChI is InChI=1S/C21H28N2O5S/c1-4-5-13-22-21(24)18(14-16-9-7-6-8-10-16)23-29(25,26)17-11-12-19(27-2)20(15-17)28-3/h6-12,15,18,23H,4-5,13-14H2,1-3H3,(H,22,24)/t18-/m0/s1. The summed E-state index contributed by atoms with van der Waals surface area (Å²) in [6.45, 7) is 2.52. The Kier molecular flexibility index (Phi) is 8.48. The van der Waals surface area contributed by atoms with Gasteiger partial charge in [0.2, 0.25) is 15.9 Å². The van der Waals surface area contributed by atoms with Crippen molar-refractivity contribution in [3.05, 3.63) is 54.1 Å². The van der Waals surface area contributed by atoms with E-state index >= 15 is 0 Å². The van der Waals surface area contributed by atoms with E-state index in [-0.39, 0.29) is 17.2 Å². The monoisotopic (exact) mass is 420 g/mol. The van der Waals surface area contributed by atoms with Crippen molar-refractivity contribution in [3.8, 4) is 11.5 Å². The molecule has 0 bridgehead atoms. The lowest BCUT2D eigenvalue weighted by atomic mass is 10.1. The Morgan fingerprint density at radius 2 is 1.72 bits per heavy atom. The van der Waals surface area contributed by atoms with E-state index in [1.54, 1.807) is 0 Å². The molecule has 0 aliphatic heterocycles. The molecule has 2 aromatic rings. The zero-order valence-corrected chi connectivity index (χ0v) is 17.8. The van der Waals surface area contributed by atoms with Crippen molar-refractivity contribution in [1.82, 2.24) is 10.0 Å². The molecule has 1 atom stereocenters. The third-order valence-electron chi connectivity index (χ3n) is 4.39. The van der Waals surface area contributed by atoms with Gasteiger partial charge in [0, 0.05) is 12.6 Å². The number of amides is 1. The fourth-order valence-corrected chi connectivity index (χ4v) is 4.00. The molecule has 0 heterocycles. The molecule has 0 aliphatic carbocycles. The first-order chi connectivity index (χ1) is 13.9. The first-order valence-corrected chi connectivity index (χ1v) is 11.0. The van der Waals surface area contributed by atoms with E-state index in [2.05, 4.69) is 10.0 Å². The van der Waals surface area contributed by atoms with Crippen LogP contribution in [0.15, 0.2) is 53.4 Å². The summed E-state index contributed by atoms with van der Waals surface area (Å²) in [6, 6.07) is 12.7. The van der Waals surface area contributed by atoms with E-state index in [1.807, 2.05) is 37.3 Å². The van der Waals surface area contributed by atoms with Crippen LogP contribution in [0.4, 0.5) is 0 Å². The summed E-state index contributed by atoms with van der Waals surface area (Å²) in [7, 11) is -1.05. The maximum atomic E-state index is 12.9. The predicted molar refractivity (Wildman–Crippen MR) is 112 cm³/mol. The molecule has 2 aromatic carbocycles. The van der Waals surface area contributed by atoms with Gasteiger partial charge in [-0.05, 0) is 30.5 Å². The molecule has 0 aliphatic rings. The maximum absolute atomic E-state index is 12.9. The van der Waals surface area contributed by atoms with E-state index in [0.717, 1.165) is 18.4 Å². The van der Waals surface area contributed by atoms with E-state index in [4.69, 9.17) is 9.47 Å². The number of nitrogens with one attached hydrogen (secondary N) is 2. The number of unbranched alkanes of at least 4 members (excludes halogenated alkanes) is 1. The van der Waals surface area contributed by atoms with Crippen LogP contribution in [-0.4, -0.2) is 41.1 Å². The molecule has 0 radical (unpaired) electrons. The Balaban J connectivity index is 2.26. The molecule has 0 unspecified atom stereocenters. The van der Waals surface area contributed by atoms with Crippen molar-refractivity contribution in [3.63, 3.8) is 0 Å². The van der Waals surface area contributed by atoms with Gasteiger partial charge in [-0.15, -0.1) is 0 Å². The lowest BCUT2D eigenvalue weighted by Gasteiger charge is -2.19. The van der Waals surface area contributed by atoms with Gasteiger partial charge in [0.1, 0.15) is 6.04 Å². The molecular weight excluding hydrogens is 392 g/mol. The van der Waals surface area contributed by atoms with Gasteiger partial charge in [-0.25, -0.2) is 8.42 Å². The Morgan fingerprint density at radius 3 is 2.34 bits per heavy atom.